The highest BCUT2D eigenvalue weighted by atomic mass is 16.7. The number of ether oxygens (including phenoxy) is 3. The molecular weight excluding hydrogens is 412 g/mol. The predicted molar refractivity (Wildman–Crippen MR) is 108 cm³/mol. The highest BCUT2D eigenvalue weighted by Gasteiger charge is 2.44. The van der Waals surface area contributed by atoms with Crippen molar-refractivity contribution in [2.24, 2.45) is 0 Å². The van der Waals surface area contributed by atoms with Gasteiger partial charge in [0.15, 0.2) is 5.75 Å². The molecule has 1 aromatic heterocycles. The lowest BCUT2D eigenvalue weighted by Gasteiger charge is -2.39. The van der Waals surface area contributed by atoms with Crippen molar-refractivity contribution >= 4 is 11.0 Å². The molecule has 5 atom stereocenters. The van der Waals surface area contributed by atoms with E-state index in [1.54, 1.807) is 0 Å². The third-order valence-electron chi connectivity index (χ3n) is 4.84. The number of hydrogen-bond acceptors (Lipinski definition) is 10. The number of rotatable bonds is 8. The molecule has 0 unspecified atom stereocenters. The highest BCUT2D eigenvalue weighted by Crippen LogP contribution is 2.34. The van der Waals surface area contributed by atoms with Gasteiger partial charge in [0, 0.05) is 6.07 Å². The third kappa shape index (κ3) is 5.00. The first-order valence-corrected chi connectivity index (χ1v) is 9.92. The first-order chi connectivity index (χ1) is 14.9. The topological polar surface area (TPSA) is 159 Å². The molecule has 1 aliphatic heterocycles. The quantitative estimate of drug-likeness (QED) is 0.222. The van der Waals surface area contributed by atoms with E-state index in [-0.39, 0.29) is 23.7 Å². The van der Waals surface area contributed by atoms with Crippen LogP contribution in [0.4, 0.5) is 0 Å². The summed E-state index contributed by atoms with van der Waals surface area (Å²) >= 11 is 0. The van der Waals surface area contributed by atoms with Crippen molar-refractivity contribution in [3.8, 4) is 17.2 Å². The van der Waals surface area contributed by atoms with Crippen LogP contribution in [0.3, 0.4) is 0 Å². The van der Waals surface area contributed by atoms with Gasteiger partial charge in [-0.05, 0) is 25.0 Å². The summed E-state index contributed by atoms with van der Waals surface area (Å²) in [6, 6.07) is 4.29. The molecule has 1 saturated heterocycles. The van der Waals surface area contributed by atoms with E-state index < -0.39 is 48.7 Å². The van der Waals surface area contributed by atoms with Gasteiger partial charge >= 0.3 is 5.63 Å². The van der Waals surface area contributed by atoms with Crippen LogP contribution in [0.1, 0.15) is 19.8 Å². The lowest BCUT2D eigenvalue weighted by atomic mass is 9.99. The second-order valence-corrected chi connectivity index (χ2v) is 7.06. The molecule has 0 saturated carbocycles. The Hall–Kier alpha value is -2.63. The lowest BCUT2D eigenvalue weighted by molar-refractivity contribution is -0.277. The summed E-state index contributed by atoms with van der Waals surface area (Å²) in [5.41, 5.74) is -0.930. The maximum Gasteiger partial charge on any atom is 0.382 e. The zero-order chi connectivity index (χ0) is 22.5. The van der Waals surface area contributed by atoms with E-state index in [9.17, 15) is 30.3 Å². The summed E-state index contributed by atoms with van der Waals surface area (Å²) in [6.45, 7) is 1.65. The van der Waals surface area contributed by atoms with E-state index in [1.165, 1.54) is 18.2 Å². The zero-order valence-corrected chi connectivity index (χ0v) is 16.9. The summed E-state index contributed by atoms with van der Waals surface area (Å²) in [7, 11) is 0. The number of aliphatic hydroxyl groups excluding tert-OH is 4. The molecule has 10 nitrogen and oxygen atoms in total. The largest absolute Gasteiger partial charge is 0.499 e. The van der Waals surface area contributed by atoms with Crippen LogP contribution in [0.5, 0.6) is 17.2 Å². The number of aromatic hydroxyl groups is 1. The summed E-state index contributed by atoms with van der Waals surface area (Å²) in [4.78, 5) is 12.0. The molecule has 0 spiro atoms. The third-order valence-corrected chi connectivity index (χ3v) is 4.84. The molecule has 1 aromatic carbocycles. The molecule has 1 aliphatic rings. The van der Waals surface area contributed by atoms with Gasteiger partial charge < -0.3 is 44.2 Å². The van der Waals surface area contributed by atoms with Crippen LogP contribution in [-0.2, 0) is 4.74 Å². The van der Waals surface area contributed by atoms with Crippen LogP contribution in [0.2, 0.25) is 0 Å². The molecule has 0 radical (unpaired) electrons. The van der Waals surface area contributed by atoms with Crippen LogP contribution in [-0.4, -0.2) is 69.5 Å². The van der Waals surface area contributed by atoms with Crippen molar-refractivity contribution in [1.82, 2.24) is 0 Å². The molecule has 3 rings (SSSR count). The van der Waals surface area contributed by atoms with Gasteiger partial charge in [-0.1, -0.05) is 19.1 Å². The lowest BCUT2D eigenvalue weighted by Crippen LogP contribution is -2.60. The fourth-order valence-corrected chi connectivity index (χ4v) is 3.17. The minimum atomic E-state index is -1.59. The zero-order valence-electron chi connectivity index (χ0n) is 16.9. The Bertz CT molecular complexity index is 967. The van der Waals surface area contributed by atoms with Crippen LogP contribution in [0.15, 0.2) is 39.6 Å². The molecule has 1 fully saturated rings. The molecule has 2 aromatic rings. The van der Waals surface area contributed by atoms with Crippen LogP contribution < -0.4 is 15.1 Å². The standard InChI is InChI=1S/C21H26O10/c1-2-3-4-5-8-28-19-12-7-6-11(9-13(12)30-20(27)18(19)26)29-21-17(25)16(24)15(23)14(10-22)31-21/h3-4,6-7,9,14-17,21-26H,2,5,8,10H2,1H3/t14-,15-,16+,17+,21+/m1/s1. The maximum absolute atomic E-state index is 12.0. The van der Waals surface area contributed by atoms with E-state index in [0.717, 1.165) is 6.42 Å². The van der Waals surface area contributed by atoms with E-state index >= 15 is 0 Å². The molecule has 0 bridgehead atoms. The predicted octanol–water partition coefficient (Wildman–Crippen LogP) is 0.412. The van der Waals surface area contributed by atoms with Crippen molar-refractivity contribution in [2.45, 2.75) is 50.5 Å². The smallest absolute Gasteiger partial charge is 0.382 e. The maximum atomic E-state index is 12.0. The van der Waals surface area contributed by atoms with Gasteiger partial charge in [0.2, 0.25) is 12.0 Å². The van der Waals surface area contributed by atoms with Crippen LogP contribution in [0.25, 0.3) is 11.0 Å². The van der Waals surface area contributed by atoms with Crippen LogP contribution >= 0.6 is 0 Å². The highest BCUT2D eigenvalue weighted by molar-refractivity contribution is 5.86. The fraction of sp³-hybridized carbons (Fsp3) is 0.476. The Morgan fingerprint density at radius 3 is 2.61 bits per heavy atom. The molecule has 10 heteroatoms. The number of benzene rings is 1. The number of aliphatic hydroxyl groups is 4. The molecule has 2 heterocycles. The monoisotopic (exact) mass is 438 g/mol. The molecule has 0 aliphatic carbocycles. The van der Waals surface area contributed by atoms with Gasteiger partial charge in [-0.15, -0.1) is 0 Å². The minimum absolute atomic E-state index is 0.0180. The summed E-state index contributed by atoms with van der Waals surface area (Å²) in [5.74, 6) is -0.549. The average molecular weight is 438 g/mol. The van der Waals surface area contributed by atoms with Crippen molar-refractivity contribution < 1.29 is 44.2 Å². The number of allylic oxidation sites excluding steroid dienone is 1. The minimum Gasteiger partial charge on any atom is -0.499 e. The molecule has 170 valence electrons. The summed E-state index contributed by atoms with van der Waals surface area (Å²) < 4.78 is 21.5. The second-order valence-electron chi connectivity index (χ2n) is 7.06. The summed E-state index contributed by atoms with van der Waals surface area (Å²) in [5, 5.41) is 49.5. The molecular formula is C21H26O10. The Morgan fingerprint density at radius 2 is 1.90 bits per heavy atom. The summed E-state index contributed by atoms with van der Waals surface area (Å²) in [6.07, 6.45) is -1.82. The van der Waals surface area contributed by atoms with Crippen LogP contribution in [0, 0.1) is 0 Å². The molecule has 0 amide bonds. The van der Waals surface area contributed by atoms with Gasteiger partial charge in [-0.25, -0.2) is 4.79 Å². The Kier molecular flexibility index (Phi) is 7.52. The Labute approximate surface area is 177 Å². The Balaban J connectivity index is 1.83. The van der Waals surface area contributed by atoms with Gasteiger partial charge in [-0.3, -0.25) is 0 Å². The first-order valence-electron chi connectivity index (χ1n) is 9.92. The fourth-order valence-electron chi connectivity index (χ4n) is 3.17. The molecule has 31 heavy (non-hydrogen) atoms. The Morgan fingerprint density at radius 1 is 1.13 bits per heavy atom. The van der Waals surface area contributed by atoms with E-state index in [4.69, 9.17) is 18.6 Å². The average Bonchev–Trinajstić information content (AvgIpc) is 2.76. The van der Waals surface area contributed by atoms with E-state index in [2.05, 4.69) is 0 Å². The van der Waals surface area contributed by atoms with Gasteiger partial charge in [0.25, 0.3) is 0 Å². The normalized spacial score (nSPS) is 26.4. The van der Waals surface area contributed by atoms with Gasteiger partial charge in [0.1, 0.15) is 35.7 Å². The molecule has 5 N–H and O–H groups in total. The SMILES string of the molecule is CCC=CCCOc1c(O)c(=O)oc2cc(O[C@H]3O[C@H](CO)[C@@H](O)[C@H](O)[C@@H]3O)ccc12. The number of hydrogen-bond donors (Lipinski definition) is 5. The second kappa shape index (κ2) is 10.1. The van der Waals surface area contributed by atoms with Crippen molar-refractivity contribution in [3.05, 3.63) is 40.8 Å². The van der Waals surface area contributed by atoms with Crippen molar-refractivity contribution in [1.29, 1.82) is 0 Å². The number of fused-ring (bicyclic) bond motifs is 1. The van der Waals surface area contributed by atoms with Gasteiger partial charge in [-0.2, -0.15) is 0 Å². The van der Waals surface area contributed by atoms with Crippen molar-refractivity contribution in [2.75, 3.05) is 13.2 Å². The first kappa shape index (κ1) is 23.0. The van der Waals surface area contributed by atoms with Gasteiger partial charge in [0.05, 0.1) is 18.6 Å². The van der Waals surface area contributed by atoms with E-state index in [1.807, 2.05) is 19.1 Å². The van der Waals surface area contributed by atoms with E-state index in [0.29, 0.717) is 11.8 Å². The van der Waals surface area contributed by atoms with Crippen molar-refractivity contribution in [3.63, 3.8) is 0 Å².